The summed E-state index contributed by atoms with van der Waals surface area (Å²) in [5.74, 6) is 0.731. The summed E-state index contributed by atoms with van der Waals surface area (Å²) in [5, 5.41) is 14.3. The number of hydrogen-bond donors (Lipinski definition) is 1. The Labute approximate surface area is 136 Å². The van der Waals surface area contributed by atoms with E-state index in [2.05, 4.69) is 23.2 Å². The second kappa shape index (κ2) is 9.86. The Bertz CT molecular complexity index is 453. The highest BCUT2D eigenvalue weighted by molar-refractivity contribution is 7.98. The van der Waals surface area contributed by atoms with Crippen LogP contribution in [-0.2, 0) is 11.3 Å². The van der Waals surface area contributed by atoms with E-state index >= 15 is 0 Å². The van der Waals surface area contributed by atoms with Gasteiger partial charge in [-0.15, -0.1) is 0 Å². The number of carbonyl (C=O) groups is 1. The molecule has 0 amide bonds. The molecule has 0 saturated carbocycles. The maximum absolute atomic E-state index is 11.6. The van der Waals surface area contributed by atoms with Gasteiger partial charge in [0.1, 0.15) is 0 Å². The van der Waals surface area contributed by atoms with E-state index in [1.54, 1.807) is 17.8 Å². The predicted octanol–water partition coefficient (Wildman–Crippen LogP) is 1.49. The van der Waals surface area contributed by atoms with Gasteiger partial charge in [0.15, 0.2) is 0 Å². The number of thioether (sulfide) groups is 1. The first kappa shape index (κ1) is 19.0. The van der Waals surface area contributed by atoms with Gasteiger partial charge < -0.3 is 14.7 Å². The first-order valence-corrected chi connectivity index (χ1v) is 8.94. The third-order valence-electron chi connectivity index (χ3n) is 3.53. The van der Waals surface area contributed by atoms with Crippen LogP contribution in [0.5, 0.6) is 0 Å². The van der Waals surface area contributed by atoms with Gasteiger partial charge in [-0.05, 0) is 39.3 Å². The summed E-state index contributed by atoms with van der Waals surface area (Å²) in [6.45, 7) is 5.20. The Hall–Kier alpha value is -1.05. The number of hydrogen-bond acceptors (Lipinski definition) is 6. The summed E-state index contributed by atoms with van der Waals surface area (Å²) >= 11 is 1.83. The summed E-state index contributed by atoms with van der Waals surface area (Å²) in [5.41, 5.74) is 0.413. The molecule has 22 heavy (non-hydrogen) atoms. The molecule has 0 radical (unpaired) electrons. The van der Waals surface area contributed by atoms with Crippen molar-refractivity contribution in [3.8, 4) is 0 Å². The Morgan fingerprint density at radius 3 is 2.95 bits per heavy atom. The van der Waals surface area contributed by atoms with Gasteiger partial charge in [0.05, 0.1) is 31.0 Å². The van der Waals surface area contributed by atoms with Crippen LogP contribution in [0.25, 0.3) is 0 Å². The van der Waals surface area contributed by atoms with Crippen molar-refractivity contribution >= 4 is 17.7 Å². The second-order valence-electron chi connectivity index (χ2n) is 5.40. The quantitative estimate of drug-likeness (QED) is 0.656. The molecule has 0 bridgehead atoms. The molecule has 0 spiro atoms. The van der Waals surface area contributed by atoms with E-state index in [-0.39, 0.29) is 5.97 Å². The highest BCUT2D eigenvalue weighted by atomic mass is 32.2. The minimum atomic E-state index is -0.531. The molecule has 0 saturated heterocycles. The standard InChI is InChI=1S/C15H27N3O3S/c1-5-21-15(20)13-8-16-18(9-13)11-14(19)10-17(3)12(2)6-7-22-4/h8-9,12,14,19H,5-7,10-11H2,1-4H3. The molecule has 0 aromatic carbocycles. The molecule has 7 heteroatoms. The minimum Gasteiger partial charge on any atom is -0.462 e. The van der Waals surface area contributed by atoms with Crippen molar-refractivity contribution in [2.45, 2.75) is 39.0 Å². The summed E-state index contributed by atoms with van der Waals surface area (Å²) in [4.78, 5) is 13.7. The number of aromatic nitrogens is 2. The Morgan fingerprint density at radius 2 is 2.32 bits per heavy atom. The molecule has 0 aliphatic carbocycles. The lowest BCUT2D eigenvalue weighted by Gasteiger charge is -2.26. The molecule has 2 unspecified atom stereocenters. The molecule has 126 valence electrons. The summed E-state index contributed by atoms with van der Waals surface area (Å²) in [7, 11) is 2.02. The maximum atomic E-state index is 11.6. The number of rotatable bonds is 10. The van der Waals surface area contributed by atoms with Crippen molar-refractivity contribution in [1.29, 1.82) is 0 Å². The first-order chi connectivity index (χ1) is 10.5. The average molecular weight is 329 g/mol. The zero-order chi connectivity index (χ0) is 16.5. The molecule has 1 heterocycles. The van der Waals surface area contributed by atoms with Crippen molar-refractivity contribution in [1.82, 2.24) is 14.7 Å². The van der Waals surface area contributed by atoms with E-state index in [0.717, 1.165) is 12.2 Å². The fraction of sp³-hybridized carbons (Fsp3) is 0.733. The first-order valence-electron chi connectivity index (χ1n) is 7.54. The van der Waals surface area contributed by atoms with Crippen molar-refractivity contribution in [2.24, 2.45) is 0 Å². The van der Waals surface area contributed by atoms with Crippen molar-refractivity contribution in [2.75, 3.05) is 32.2 Å². The highest BCUT2D eigenvalue weighted by Gasteiger charge is 2.15. The van der Waals surface area contributed by atoms with Gasteiger partial charge >= 0.3 is 5.97 Å². The highest BCUT2D eigenvalue weighted by Crippen LogP contribution is 2.08. The van der Waals surface area contributed by atoms with Crippen LogP contribution in [0.15, 0.2) is 12.4 Å². The van der Waals surface area contributed by atoms with Crippen LogP contribution in [0.1, 0.15) is 30.6 Å². The van der Waals surface area contributed by atoms with Gasteiger partial charge in [0.2, 0.25) is 0 Å². The van der Waals surface area contributed by atoms with Gasteiger partial charge in [-0.25, -0.2) is 4.79 Å². The normalized spacial score (nSPS) is 14.1. The van der Waals surface area contributed by atoms with Gasteiger partial charge in [-0.3, -0.25) is 4.68 Å². The average Bonchev–Trinajstić information content (AvgIpc) is 2.93. The van der Waals surface area contributed by atoms with E-state index in [9.17, 15) is 9.90 Å². The molecule has 6 nitrogen and oxygen atoms in total. The number of aliphatic hydroxyl groups excluding tert-OH is 1. The van der Waals surface area contributed by atoms with E-state index < -0.39 is 6.10 Å². The summed E-state index contributed by atoms with van der Waals surface area (Å²) < 4.78 is 6.50. The number of esters is 1. The van der Waals surface area contributed by atoms with Gasteiger partial charge in [-0.2, -0.15) is 16.9 Å². The number of nitrogens with zero attached hydrogens (tertiary/aromatic N) is 3. The smallest absolute Gasteiger partial charge is 0.341 e. The molecule has 0 fully saturated rings. The zero-order valence-electron chi connectivity index (χ0n) is 13.9. The number of aliphatic hydroxyl groups is 1. The maximum Gasteiger partial charge on any atom is 0.341 e. The number of carbonyl (C=O) groups excluding carboxylic acids is 1. The summed E-state index contributed by atoms with van der Waals surface area (Å²) in [6, 6.07) is 0.426. The van der Waals surface area contributed by atoms with Gasteiger partial charge in [0.25, 0.3) is 0 Å². The van der Waals surface area contributed by atoms with E-state index in [4.69, 9.17) is 4.74 Å². The van der Waals surface area contributed by atoms with Gasteiger partial charge in [0, 0.05) is 18.8 Å². The number of likely N-dealkylation sites (N-methyl/N-ethyl adjacent to an activating group) is 1. The molecular weight excluding hydrogens is 302 g/mol. The molecule has 0 aliphatic rings. The Morgan fingerprint density at radius 1 is 1.59 bits per heavy atom. The largest absolute Gasteiger partial charge is 0.462 e. The lowest BCUT2D eigenvalue weighted by atomic mass is 10.2. The van der Waals surface area contributed by atoms with Crippen LogP contribution >= 0.6 is 11.8 Å². The fourth-order valence-electron chi connectivity index (χ4n) is 2.08. The Kier molecular flexibility index (Phi) is 8.52. The molecule has 0 aliphatic heterocycles. The lowest BCUT2D eigenvalue weighted by molar-refractivity contribution is 0.0525. The summed E-state index contributed by atoms with van der Waals surface area (Å²) in [6.07, 6.45) is 5.74. The number of ether oxygens (including phenoxy) is 1. The fourth-order valence-corrected chi connectivity index (χ4v) is 2.65. The topological polar surface area (TPSA) is 67.6 Å². The monoisotopic (exact) mass is 329 g/mol. The van der Waals surface area contributed by atoms with Crippen LogP contribution < -0.4 is 0 Å². The van der Waals surface area contributed by atoms with Crippen LogP contribution in [-0.4, -0.2) is 70.1 Å². The van der Waals surface area contributed by atoms with Crippen LogP contribution in [0.4, 0.5) is 0 Å². The minimum absolute atomic E-state index is 0.339. The third kappa shape index (κ3) is 6.37. The SMILES string of the molecule is CCOC(=O)c1cnn(CC(O)CN(C)C(C)CCSC)c1. The zero-order valence-corrected chi connectivity index (χ0v) is 14.7. The predicted molar refractivity (Wildman–Crippen MR) is 89.3 cm³/mol. The molecule has 1 aromatic rings. The molecule has 1 aromatic heterocycles. The lowest BCUT2D eigenvalue weighted by Crippen LogP contribution is -2.38. The van der Waals surface area contributed by atoms with Gasteiger partial charge in [-0.1, -0.05) is 0 Å². The second-order valence-corrected chi connectivity index (χ2v) is 6.38. The van der Waals surface area contributed by atoms with E-state index in [0.29, 0.717) is 31.3 Å². The van der Waals surface area contributed by atoms with Crippen LogP contribution in [0.2, 0.25) is 0 Å². The van der Waals surface area contributed by atoms with E-state index in [1.165, 1.54) is 6.20 Å². The third-order valence-corrected chi connectivity index (χ3v) is 4.18. The van der Waals surface area contributed by atoms with Crippen LogP contribution in [0.3, 0.4) is 0 Å². The molecule has 1 rings (SSSR count). The van der Waals surface area contributed by atoms with Crippen molar-refractivity contribution in [3.05, 3.63) is 18.0 Å². The van der Waals surface area contributed by atoms with Crippen molar-refractivity contribution in [3.63, 3.8) is 0 Å². The Balaban J connectivity index is 2.44. The van der Waals surface area contributed by atoms with E-state index in [1.807, 2.05) is 18.8 Å². The van der Waals surface area contributed by atoms with Crippen molar-refractivity contribution < 1.29 is 14.6 Å². The molecule has 2 atom stereocenters. The molecular formula is C15H27N3O3S. The molecule has 1 N–H and O–H groups in total. The van der Waals surface area contributed by atoms with Crippen LogP contribution in [0, 0.1) is 0 Å².